The smallest absolute Gasteiger partial charge is 0.306 e. The Bertz CT molecular complexity index is 1670. The topological polar surface area (TPSA) is 78.9 Å². The van der Waals surface area contributed by atoms with Crippen LogP contribution in [0.25, 0.3) is 0 Å². The van der Waals surface area contributed by atoms with Crippen LogP contribution in [0.5, 0.6) is 0 Å². The van der Waals surface area contributed by atoms with E-state index in [-0.39, 0.29) is 37.5 Å². The van der Waals surface area contributed by atoms with E-state index in [4.69, 9.17) is 14.2 Å². The monoisotopic (exact) mass is 1080 g/mol. The van der Waals surface area contributed by atoms with Gasteiger partial charge in [-0.05, 0) is 109 Å². The van der Waals surface area contributed by atoms with Gasteiger partial charge in [0.15, 0.2) is 6.10 Å². The zero-order chi connectivity index (χ0) is 56.4. The quantitative estimate of drug-likeness (QED) is 0.0261. The number of hydrogen-bond acceptors (Lipinski definition) is 6. The molecule has 0 fully saturated rings. The molecule has 0 rings (SSSR count). The highest BCUT2D eigenvalue weighted by Gasteiger charge is 2.19. The van der Waals surface area contributed by atoms with Gasteiger partial charge in [0, 0.05) is 19.3 Å². The minimum Gasteiger partial charge on any atom is -0.462 e. The van der Waals surface area contributed by atoms with Crippen LogP contribution >= 0.6 is 0 Å². The van der Waals surface area contributed by atoms with Crippen molar-refractivity contribution >= 4 is 17.9 Å². The van der Waals surface area contributed by atoms with Crippen molar-refractivity contribution in [3.63, 3.8) is 0 Å². The molecule has 0 aliphatic heterocycles. The first-order valence-corrected chi connectivity index (χ1v) is 32.2. The number of carbonyl (C=O) groups excluding carboxylic acids is 3. The third kappa shape index (κ3) is 62.4. The molecule has 0 saturated carbocycles. The van der Waals surface area contributed by atoms with Gasteiger partial charge in [0.1, 0.15) is 13.2 Å². The molecule has 0 amide bonds. The number of unbranched alkanes of at least 4 members (excludes halogenated alkanes) is 24. The van der Waals surface area contributed by atoms with Gasteiger partial charge in [-0.25, -0.2) is 0 Å². The predicted molar refractivity (Wildman–Crippen MR) is 339 cm³/mol. The highest BCUT2D eigenvalue weighted by Crippen LogP contribution is 2.16. The van der Waals surface area contributed by atoms with Crippen LogP contribution in [-0.4, -0.2) is 37.2 Å². The summed E-state index contributed by atoms with van der Waals surface area (Å²) in [5.41, 5.74) is 0. The molecular weight excluding hydrogens is 961 g/mol. The Labute approximate surface area is 481 Å². The molecule has 0 aliphatic rings. The van der Waals surface area contributed by atoms with E-state index in [0.717, 1.165) is 116 Å². The SMILES string of the molecule is CC/C=C\C/C=C\C/C=C\C/C=C\C/C=C\C/C=C\C/C=C\CCCC(=O)OC(COC(=O)CCCCCCCCCCCCCC)COC(=O)CCCCCCCCCCCCCC/C=C\C/C=C\C/C=C\C/C=C\CC. The third-order valence-electron chi connectivity index (χ3n) is 13.4. The van der Waals surface area contributed by atoms with Gasteiger partial charge in [0.25, 0.3) is 0 Å². The lowest BCUT2D eigenvalue weighted by atomic mass is 10.0. The van der Waals surface area contributed by atoms with E-state index in [2.05, 4.69) is 154 Å². The zero-order valence-electron chi connectivity index (χ0n) is 50.6. The fourth-order valence-electron chi connectivity index (χ4n) is 8.66. The lowest BCUT2D eigenvalue weighted by molar-refractivity contribution is -0.167. The molecule has 0 radical (unpaired) electrons. The summed E-state index contributed by atoms with van der Waals surface area (Å²) < 4.78 is 16.9. The highest BCUT2D eigenvalue weighted by molar-refractivity contribution is 5.71. The number of allylic oxidation sites excluding steroid dienone is 22. The van der Waals surface area contributed by atoms with E-state index in [0.29, 0.717) is 19.3 Å². The Morgan fingerprint density at radius 2 is 0.513 bits per heavy atom. The Morgan fingerprint density at radius 1 is 0.269 bits per heavy atom. The van der Waals surface area contributed by atoms with E-state index < -0.39 is 6.10 Å². The van der Waals surface area contributed by atoms with Gasteiger partial charge < -0.3 is 14.2 Å². The molecule has 78 heavy (non-hydrogen) atoms. The van der Waals surface area contributed by atoms with Crippen LogP contribution in [0.3, 0.4) is 0 Å². The van der Waals surface area contributed by atoms with Crippen molar-refractivity contribution in [2.24, 2.45) is 0 Å². The van der Waals surface area contributed by atoms with Crippen molar-refractivity contribution in [2.45, 2.75) is 290 Å². The van der Waals surface area contributed by atoms with E-state index in [1.807, 2.05) is 0 Å². The van der Waals surface area contributed by atoms with Crippen molar-refractivity contribution in [3.05, 3.63) is 134 Å². The van der Waals surface area contributed by atoms with Crippen LogP contribution in [0.15, 0.2) is 134 Å². The number of hydrogen-bond donors (Lipinski definition) is 0. The van der Waals surface area contributed by atoms with Crippen LogP contribution in [0, 0.1) is 0 Å². The minimum absolute atomic E-state index is 0.103. The van der Waals surface area contributed by atoms with Crippen molar-refractivity contribution in [1.82, 2.24) is 0 Å². The summed E-state index contributed by atoms with van der Waals surface area (Å²) in [5, 5.41) is 0. The third-order valence-corrected chi connectivity index (χ3v) is 13.4. The minimum atomic E-state index is -0.813. The molecule has 0 bridgehead atoms. The second-order valence-electron chi connectivity index (χ2n) is 20.9. The lowest BCUT2D eigenvalue weighted by Crippen LogP contribution is -2.30. The molecule has 0 spiro atoms. The first-order valence-electron chi connectivity index (χ1n) is 32.2. The van der Waals surface area contributed by atoms with E-state index in [1.165, 1.54) is 122 Å². The summed E-state index contributed by atoms with van der Waals surface area (Å²) in [6.45, 7) is 6.37. The summed E-state index contributed by atoms with van der Waals surface area (Å²) in [6.07, 6.45) is 91.8. The molecule has 442 valence electrons. The van der Waals surface area contributed by atoms with E-state index in [9.17, 15) is 14.4 Å². The molecule has 0 aliphatic carbocycles. The summed E-state index contributed by atoms with van der Waals surface area (Å²) in [6, 6.07) is 0. The first-order chi connectivity index (χ1) is 38.5. The van der Waals surface area contributed by atoms with Crippen LogP contribution in [0.1, 0.15) is 284 Å². The summed E-state index contributed by atoms with van der Waals surface area (Å²) in [5.74, 6) is -0.961. The number of rotatable bonds is 57. The Balaban J connectivity index is 4.41. The summed E-state index contributed by atoms with van der Waals surface area (Å²) >= 11 is 0. The highest BCUT2D eigenvalue weighted by atomic mass is 16.6. The van der Waals surface area contributed by atoms with Gasteiger partial charge in [0.05, 0.1) is 0 Å². The normalized spacial score (nSPS) is 13.0. The van der Waals surface area contributed by atoms with E-state index >= 15 is 0 Å². The Kier molecular flexibility index (Phi) is 61.4. The number of carbonyl (C=O) groups is 3. The fourth-order valence-corrected chi connectivity index (χ4v) is 8.66. The Morgan fingerprint density at radius 3 is 0.821 bits per heavy atom. The molecule has 0 saturated heterocycles. The molecule has 1 atom stereocenters. The molecule has 0 heterocycles. The van der Waals surface area contributed by atoms with Crippen molar-refractivity contribution in [3.8, 4) is 0 Å². The maximum Gasteiger partial charge on any atom is 0.306 e. The standard InChI is InChI=1S/C72H118O6/c1-4-7-10-13-16-19-22-25-27-29-31-33-35-36-38-39-41-43-45-47-50-53-56-59-62-65-71(74)77-68-69(67-76-70(73)64-61-58-55-52-49-24-21-18-15-12-9-6-3)78-72(75)66-63-60-57-54-51-48-46-44-42-40-37-34-32-30-28-26-23-20-17-14-11-8-5-2/h7-8,10-11,16-17,19-20,25-28,31-34,40,42,46,48,54,57,69H,4-6,9,12-15,18,21-24,29-30,35-39,41,43-45,47,49-53,55-56,58-68H2,1-3H3/b10-7-,11-8-,19-16-,20-17-,27-25-,28-26-,33-31-,34-32-,42-40-,48-46-,57-54-. The summed E-state index contributed by atoms with van der Waals surface area (Å²) in [4.78, 5) is 38.3. The second-order valence-corrected chi connectivity index (χ2v) is 20.9. The molecule has 1 unspecified atom stereocenters. The zero-order valence-corrected chi connectivity index (χ0v) is 50.6. The van der Waals surface area contributed by atoms with Crippen molar-refractivity contribution in [2.75, 3.05) is 13.2 Å². The van der Waals surface area contributed by atoms with Crippen LogP contribution < -0.4 is 0 Å². The summed E-state index contributed by atoms with van der Waals surface area (Å²) in [7, 11) is 0. The van der Waals surface area contributed by atoms with Gasteiger partial charge in [0.2, 0.25) is 0 Å². The van der Waals surface area contributed by atoms with Gasteiger partial charge in [-0.15, -0.1) is 0 Å². The van der Waals surface area contributed by atoms with E-state index in [1.54, 1.807) is 0 Å². The average molecular weight is 1080 g/mol. The van der Waals surface area contributed by atoms with Crippen LogP contribution in [0.4, 0.5) is 0 Å². The molecule has 6 heteroatoms. The largest absolute Gasteiger partial charge is 0.462 e. The molecule has 0 aromatic heterocycles. The number of ether oxygens (including phenoxy) is 3. The van der Waals surface area contributed by atoms with Gasteiger partial charge in [-0.1, -0.05) is 289 Å². The number of esters is 3. The van der Waals surface area contributed by atoms with Crippen molar-refractivity contribution < 1.29 is 28.6 Å². The maximum atomic E-state index is 12.9. The lowest BCUT2D eigenvalue weighted by Gasteiger charge is -2.18. The Hall–Kier alpha value is -4.45. The molecule has 0 N–H and O–H groups in total. The van der Waals surface area contributed by atoms with Gasteiger partial charge in [-0.2, -0.15) is 0 Å². The van der Waals surface area contributed by atoms with Gasteiger partial charge in [-0.3, -0.25) is 14.4 Å². The average Bonchev–Trinajstić information content (AvgIpc) is 3.44. The first kappa shape index (κ1) is 73.5. The predicted octanol–water partition coefficient (Wildman–Crippen LogP) is 22.2. The molecule has 0 aromatic rings. The molecular formula is C72H118O6. The molecule has 0 aromatic carbocycles. The van der Waals surface area contributed by atoms with Crippen LogP contribution in [0.2, 0.25) is 0 Å². The fraction of sp³-hybridized carbons (Fsp3) is 0.653. The molecule has 6 nitrogen and oxygen atoms in total. The van der Waals surface area contributed by atoms with Gasteiger partial charge >= 0.3 is 17.9 Å². The maximum absolute atomic E-state index is 12.9. The van der Waals surface area contributed by atoms with Crippen LogP contribution in [-0.2, 0) is 28.6 Å². The van der Waals surface area contributed by atoms with Crippen molar-refractivity contribution in [1.29, 1.82) is 0 Å². The second kappa shape index (κ2) is 65.1.